The van der Waals surface area contributed by atoms with Crippen LogP contribution in [0.5, 0.6) is 0 Å². The smallest absolute Gasteiger partial charge is 0.269 e. The number of aromatic nitrogens is 2. The van der Waals surface area contributed by atoms with Gasteiger partial charge in [-0.25, -0.2) is 4.68 Å². The van der Waals surface area contributed by atoms with E-state index in [0.717, 1.165) is 0 Å². The molecule has 2 aromatic rings. The number of rotatable bonds is 3. The monoisotopic (exact) mass is 244 g/mol. The number of nitrogens with zero attached hydrogens (tertiary/aromatic N) is 2. The lowest BCUT2D eigenvalue weighted by molar-refractivity contribution is 0.0990. The highest BCUT2D eigenvalue weighted by molar-refractivity contribution is 6.05. The predicted molar refractivity (Wildman–Crippen MR) is 66.5 cm³/mol. The maximum absolute atomic E-state index is 11.4. The number of Topliss-reactive ketones (excluding diaryl/α,β-unsaturated/α-hetero) is 1. The molecule has 0 aliphatic carbocycles. The summed E-state index contributed by atoms with van der Waals surface area (Å²) < 4.78 is 1.29. The van der Waals surface area contributed by atoms with E-state index in [1.165, 1.54) is 11.6 Å². The van der Waals surface area contributed by atoms with Crippen molar-refractivity contribution in [3.8, 4) is 5.69 Å². The fraction of sp³-hybridized carbons (Fsp3) is 0.0833. The topological polar surface area (TPSA) is 104 Å². The fourth-order valence-corrected chi connectivity index (χ4v) is 1.68. The van der Waals surface area contributed by atoms with Crippen LogP contribution in [0.4, 0.5) is 5.69 Å². The van der Waals surface area contributed by atoms with Gasteiger partial charge in [0.2, 0.25) is 0 Å². The Balaban J connectivity index is 2.71. The molecule has 0 fully saturated rings. The summed E-state index contributed by atoms with van der Waals surface area (Å²) in [6.45, 7) is 1.33. The quantitative estimate of drug-likeness (QED) is 0.777. The minimum absolute atomic E-state index is 0.0128. The second-order valence-electron chi connectivity index (χ2n) is 3.78. The molecule has 6 heteroatoms. The summed E-state index contributed by atoms with van der Waals surface area (Å²) in [6.07, 6.45) is 0. The number of amides is 1. The molecule has 0 radical (unpaired) electrons. The van der Waals surface area contributed by atoms with Gasteiger partial charge in [-0.15, -0.1) is 0 Å². The number of carbonyl (C=O) groups excluding carboxylic acids is 2. The Morgan fingerprint density at radius 3 is 2.33 bits per heavy atom. The van der Waals surface area contributed by atoms with Gasteiger partial charge in [0.1, 0.15) is 0 Å². The summed E-state index contributed by atoms with van der Waals surface area (Å²) in [7, 11) is 0. The van der Waals surface area contributed by atoms with Crippen LogP contribution in [0.3, 0.4) is 0 Å². The Kier molecular flexibility index (Phi) is 2.85. The average molecular weight is 244 g/mol. The third-order valence-electron chi connectivity index (χ3n) is 2.49. The molecule has 0 aliphatic rings. The van der Waals surface area contributed by atoms with E-state index in [9.17, 15) is 9.59 Å². The van der Waals surface area contributed by atoms with Crippen LogP contribution in [0.2, 0.25) is 0 Å². The summed E-state index contributed by atoms with van der Waals surface area (Å²) in [6, 6.07) is 8.87. The summed E-state index contributed by atoms with van der Waals surface area (Å²) in [5.74, 6) is -1.04. The van der Waals surface area contributed by atoms with E-state index in [2.05, 4.69) is 5.10 Å². The number of carbonyl (C=O) groups is 2. The Hall–Kier alpha value is -2.63. The molecular formula is C12H12N4O2. The van der Waals surface area contributed by atoms with Gasteiger partial charge in [0.15, 0.2) is 17.2 Å². The zero-order valence-corrected chi connectivity index (χ0v) is 9.75. The molecule has 4 N–H and O–H groups in total. The first-order valence-corrected chi connectivity index (χ1v) is 5.27. The first-order valence-electron chi connectivity index (χ1n) is 5.27. The number of anilines is 1. The zero-order valence-electron chi connectivity index (χ0n) is 9.75. The van der Waals surface area contributed by atoms with E-state index in [4.69, 9.17) is 11.5 Å². The first-order chi connectivity index (χ1) is 8.52. The highest BCUT2D eigenvalue weighted by Gasteiger charge is 2.22. The van der Waals surface area contributed by atoms with Crippen molar-refractivity contribution in [2.24, 2.45) is 5.73 Å². The molecule has 1 aromatic carbocycles. The van der Waals surface area contributed by atoms with Crippen molar-refractivity contribution in [1.29, 1.82) is 0 Å². The molecule has 18 heavy (non-hydrogen) atoms. The second kappa shape index (κ2) is 4.33. The number of nitrogen functional groups attached to an aromatic ring is 1. The highest BCUT2D eigenvalue weighted by atomic mass is 16.1. The number of hydrogen-bond donors (Lipinski definition) is 2. The van der Waals surface area contributed by atoms with E-state index in [-0.39, 0.29) is 22.9 Å². The van der Waals surface area contributed by atoms with Gasteiger partial charge in [-0.05, 0) is 12.1 Å². The SMILES string of the molecule is CC(=O)c1nn(-c2ccccc2)c(C(N)=O)c1N. The van der Waals surface area contributed by atoms with Crippen molar-refractivity contribution in [1.82, 2.24) is 9.78 Å². The molecule has 2 rings (SSSR count). The molecule has 0 saturated heterocycles. The number of primary amides is 1. The van der Waals surface area contributed by atoms with Crippen molar-refractivity contribution in [3.63, 3.8) is 0 Å². The van der Waals surface area contributed by atoms with E-state index in [0.29, 0.717) is 5.69 Å². The first kappa shape index (κ1) is 11.8. The lowest BCUT2D eigenvalue weighted by atomic mass is 10.2. The van der Waals surface area contributed by atoms with Gasteiger partial charge in [-0.2, -0.15) is 5.10 Å². The van der Waals surface area contributed by atoms with Gasteiger partial charge >= 0.3 is 0 Å². The van der Waals surface area contributed by atoms with Gasteiger partial charge < -0.3 is 11.5 Å². The Labute approximate surface area is 103 Å². The predicted octanol–water partition coefficient (Wildman–Crippen LogP) is 0.756. The third kappa shape index (κ3) is 1.84. The summed E-state index contributed by atoms with van der Waals surface area (Å²) in [4.78, 5) is 22.8. The maximum Gasteiger partial charge on any atom is 0.269 e. The van der Waals surface area contributed by atoms with Crippen LogP contribution in [0.15, 0.2) is 30.3 Å². The number of ketones is 1. The molecule has 0 unspecified atom stereocenters. The Morgan fingerprint density at radius 1 is 1.22 bits per heavy atom. The lowest BCUT2D eigenvalue weighted by Crippen LogP contribution is -2.18. The molecule has 92 valence electrons. The van der Waals surface area contributed by atoms with Crippen molar-refractivity contribution in [3.05, 3.63) is 41.7 Å². The van der Waals surface area contributed by atoms with Gasteiger partial charge in [0, 0.05) is 6.92 Å². The molecule has 0 aliphatic heterocycles. The highest BCUT2D eigenvalue weighted by Crippen LogP contribution is 2.21. The molecule has 1 heterocycles. The summed E-state index contributed by atoms with van der Waals surface area (Å²) >= 11 is 0. The standard InChI is InChI=1S/C12H12N4O2/c1-7(17)10-9(13)11(12(14)18)16(15-10)8-5-3-2-4-6-8/h2-6H,13H2,1H3,(H2,14,18). The lowest BCUT2D eigenvalue weighted by Gasteiger charge is -2.04. The second-order valence-corrected chi connectivity index (χ2v) is 3.78. The van der Waals surface area contributed by atoms with Gasteiger partial charge in [-0.1, -0.05) is 18.2 Å². The molecule has 1 aromatic heterocycles. The minimum atomic E-state index is -0.726. The van der Waals surface area contributed by atoms with Crippen molar-refractivity contribution >= 4 is 17.4 Å². The zero-order chi connectivity index (χ0) is 13.3. The number of hydrogen-bond acceptors (Lipinski definition) is 4. The molecule has 1 amide bonds. The van der Waals surface area contributed by atoms with Crippen molar-refractivity contribution < 1.29 is 9.59 Å². The molecule has 0 saturated carbocycles. The molecular weight excluding hydrogens is 232 g/mol. The third-order valence-corrected chi connectivity index (χ3v) is 2.49. The molecule has 0 bridgehead atoms. The van der Waals surface area contributed by atoms with E-state index in [1.54, 1.807) is 24.3 Å². The molecule has 0 spiro atoms. The number of para-hydroxylation sites is 1. The van der Waals surface area contributed by atoms with Gasteiger partial charge in [-0.3, -0.25) is 9.59 Å². The Morgan fingerprint density at radius 2 is 1.83 bits per heavy atom. The maximum atomic E-state index is 11.4. The van der Waals surface area contributed by atoms with Crippen LogP contribution in [-0.4, -0.2) is 21.5 Å². The number of benzene rings is 1. The fourth-order valence-electron chi connectivity index (χ4n) is 1.68. The van der Waals surface area contributed by atoms with Crippen LogP contribution in [-0.2, 0) is 0 Å². The summed E-state index contributed by atoms with van der Waals surface area (Å²) in [5.41, 5.74) is 11.7. The van der Waals surface area contributed by atoms with Crippen LogP contribution in [0.25, 0.3) is 5.69 Å². The van der Waals surface area contributed by atoms with E-state index >= 15 is 0 Å². The average Bonchev–Trinajstić information content (AvgIpc) is 2.68. The van der Waals surface area contributed by atoms with Crippen LogP contribution < -0.4 is 11.5 Å². The van der Waals surface area contributed by atoms with Gasteiger partial charge in [0.05, 0.1) is 11.4 Å². The minimum Gasteiger partial charge on any atom is -0.395 e. The van der Waals surface area contributed by atoms with E-state index < -0.39 is 5.91 Å². The normalized spacial score (nSPS) is 10.3. The molecule has 6 nitrogen and oxygen atoms in total. The Bertz CT molecular complexity index is 617. The largest absolute Gasteiger partial charge is 0.395 e. The van der Waals surface area contributed by atoms with E-state index in [1.807, 2.05) is 6.07 Å². The van der Waals surface area contributed by atoms with Crippen LogP contribution >= 0.6 is 0 Å². The van der Waals surface area contributed by atoms with Crippen LogP contribution in [0, 0.1) is 0 Å². The van der Waals surface area contributed by atoms with Gasteiger partial charge in [0.25, 0.3) is 5.91 Å². The van der Waals surface area contributed by atoms with Crippen LogP contribution in [0.1, 0.15) is 27.9 Å². The van der Waals surface area contributed by atoms with Crippen molar-refractivity contribution in [2.75, 3.05) is 5.73 Å². The summed E-state index contributed by atoms with van der Waals surface area (Å²) in [5, 5.41) is 4.04. The van der Waals surface area contributed by atoms with Crippen molar-refractivity contribution in [2.45, 2.75) is 6.92 Å². The molecule has 0 atom stereocenters. The number of nitrogens with two attached hydrogens (primary N) is 2.